The lowest BCUT2D eigenvalue weighted by molar-refractivity contribution is 0.532. The predicted molar refractivity (Wildman–Crippen MR) is 70.1 cm³/mol. The van der Waals surface area contributed by atoms with E-state index in [1.54, 1.807) is 0 Å². The molecule has 0 aromatic carbocycles. The quantitative estimate of drug-likeness (QED) is 0.896. The molecular formula is C13H17N5. The zero-order valence-corrected chi connectivity index (χ0v) is 10.9. The molecule has 2 rings (SSSR count). The normalized spacial score (nSPS) is 10.6. The number of aryl methyl sites for hydroxylation is 1. The van der Waals surface area contributed by atoms with Gasteiger partial charge in [-0.2, -0.15) is 10.4 Å². The Balaban J connectivity index is 2.00. The molecule has 94 valence electrons. The molecule has 5 heteroatoms. The van der Waals surface area contributed by atoms with Crippen molar-refractivity contribution < 1.29 is 0 Å². The first kappa shape index (κ1) is 12.2. The van der Waals surface area contributed by atoms with Gasteiger partial charge in [0.05, 0.1) is 11.9 Å². The summed E-state index contributed by atoms with van der Waals surface area (Å²) in [7, 11) is 1.87. The summed E-state index contributed by atoms with van der Waals surface area (Å²) in [5, 5.41) is 16.4. The number of anilines is 1. The molecule has 0 bridgehead atoms. The molecule has 2 heterocycles. The van der Waals surface area contributed by atoms with Gasteiger partial charge in [-0.05, 0) is 25.5 Å². The minimum absolute atomic E-state index is 0.363. The number of nitriles is 1. The Morgan fingerprint density at radius 3 is 2.78 bits per heavy atom. The van der Waals surface area contributed by atoms with E-state index in [1.165, 1.54) is 0 Å². The molecule has 0 aliphatic rings. The first-order valence-electron chi connectivity index (χ1n) is 5.93. The third-order valence-electron chi connectivity index (χ3n) is 2.80. The molecule has 0 saturated carbocycles. The largest absolute Gasteiger partial charge is 0.378 e. The molecule has 0 spiro atoms. The standard InChI is InChI=1S/C13H17N5/c1-10(2)18-9-12(7-16-18)15-6-11-4-13(5-14)17(3)8-11/h4,7-10,15H,6H2,1-3H3. The van der Waals surface area contributed by atoms with E-state index >= 15 is 0 Å². The summed E-state index contributed by atoms with van der Waals surface area (Å²) in [4.78, 5) is 0. The van der Waals surface area contributed by atoms with E-state index in [2.05, 4.69) is 30.3 Å². The van der Waals surface area contributed by atoms with Gasteiger partial charge in [0, 0.05) is 32.0 Å². The number of hydrogen-bond donors (Lipinski definition) is 1. The average Bonchev–Trinajstić information content (AvgIpc) is 2.92. The molecule has 18 heavy (non-hydrogen) atoms. The summed E-state index contributed by atoms with van der Waals surface area (Å²) in [6.45, 7) is 4.87. The Morgan fingerprint density at radius 2 is 2.22 bits per heavy atom. The molecule has 0 unspecified atom stereocenters. The number of nitrogens with one attached hydrogen (secondary N) is 1. The molecule has 5 nitrogen and oxygen atoms in total. The highest BCUT2D eigenvalue weighted by atomic mass is 15.3. The average molecular weight is 243 g/mol. The fourth-order valence-corrected chi connectivity index (χ4v) is 1.76. The van der Waals surface area contributed by atoms with Gasteiger partial charge in [-0.25, -0.2) is 0 Å². The maximum atomic E-state index is 8.88. The van der Waals surface area contributed by atoms with Crippen molar-refractivity contribution in [3.63, 3.8) is 0 Å². The molecule has 0 radical (unpaired) electrons. The van der Waals surface area contributed by atoms with Gasteiger partial charge in [-0.15, -0.1) is 0 Å². The van der Waals surface area contributed by atoms with Crippen molar-refractivity contribution in [3.8, 4) is 6.07 Å². The summed E-state index contributed by atoms with van der Waals surface area (Å²) in [6, 6.07) is 4.40. The summed E-state index contributed by atoms with van der Waals surface area (Å²) in [6.07, 6.45) is 5.76. The van der Waals surface area contributed by atoms with E-state index in [0.29, 0.717) is 18.3 Å². The molecule has 0 atom stereocenters. The molecule has 0 aliphatic carbocycles. The predicted octanol–water partition coefficient (Wildman–Crippen LogP) is 2.29. The fourth-order valence-electron chi connectivity index (χ4n) is 1.76. The van der Waals surface area contributed by atoms with E-state index in [0.717, 1.165) is 11.3 Å². The molecule has 1 N–H and O–H groups in total. The SMILES string of the molecule is CC(C)n1cc(NCc2cc(C#N)n(C)c2)cn1. The number of aromatic nitrogens is 3. The smallest absolute Gasteiger partial charge is 0.120 e. The minimum atomic E-state index is 0.363. The minimum Gasteiger partial charge on any atom is -0.378 e. The Morgan fingerprint density at radius 1 is 1.44 bits per heavy atom. The Bertz CT molecular complexity index is 570. The number of rotatable bonds is 4. The molecular weight excluding hydrogens is 226 g/mol. The van der Waals surface area contributed by atoms with Crippen molar-refractivity contribution in [2.24, 2.45) is 7.05 Å². The lowest BCUT2D eigenvalue weighted by atomic mass is 10.3. The molecule has 0 saturated heterocycles. The van der Waals surface area contributed by atoms with Crippen molar-refractivity contribution in [1.29, 1.82) is 5.26 Å². The van der Waals surface area contributed by atoms with Gasteiger partial charge in [-0.1, -0.05) is 0 Å². The Labute approximate surface area is 107 Å². The Hall–Kier alpha value is -2.22. The number of nitrogens with zero attached hydrogens (tertiary/aromatic N) is 4. The Kier molecular flexibility index (Phi) is 3.38. The summed E-state index contributed by atoms with van der Waals surface area (Å²) < 4.78 is 3.74. The lowest BCUT2D eigenvalue weighted by Crippen LogP contribution is -2.00. The first-order valence-corrected chi connectivity index (χ1v) is 5.93. The van der Waals surface area contributed by atoms with Crippen molar-refractivity contribution in [3.05, 3.63) is 35.9 Å². The van der Waals surface area contributed by atoms with E-state index in [1.807, 2.05) is 41.0 Å². The molecule has 2 aromatic rings. The highest BCUT2D eigenvalue weighted by molar-refractivity contribution is 5.40. The van der Waals surface area contributed by atoms with Crippen LogP contribution in [0.1, 0.15) is 31.1 Å². The van der Waals surface area contributed by atoms with E-state index in [9.17, 15) is 0 Å². The topological polar surface area (TPSA) is 58.6 Å². The van der Waals surface area contributed by atoms with Crippen LogP contribution >= 0.6 is 0 Å². The third-order valence-corrected chi connectivity index (χ3v) is 2.80. The molecule has 0 amide bonds. The molecule has 0 fully saturated rings. The molecule has 0 aliphatic heterocycles. The van der Waals surface area contributed by atoms with Crippen LogP contribution in [-0.4, -0.2) is 14.3 Å². The van der Waals surface area contributed by atoms with Crippen molar-refractivity contribution in [1.82, 2.24) is 14.3 Å². The van der Waals surface area contributed by atoms with Crippen LogP contribution in [0.5, 0.6) is 0 Å². The second kappa shape index (κ2) is 4.96. The van der Waals surface area contributed by atoms with Gasteiger partial charge in [0.25, 0.3) is 0 Å². The van der Waals surface area contributed by atoms with Crippen molar-refractivity contribution in [2.45, 2.75) is 26.4 Å². The van der Waals surface area contributed by atoms with E-state index in [4.69, 9.17) is 5.26 Å². The zero-order valence-electron chi connectivity index (χ0n) is 10.9. The highest BCUT2D eigenvalue weighted by Crippen LogP contribution is 2.12. The summed E-state index contributed by atoms with van der Waals surface area (Å²) in [5.41, 5.74) is 2.75. The highest BCUT2D eigenvalue weighted by Gasteiger charge is 2.04. The second-order valence-electron chi connectivity index (χ2n) is 4.61. The maximum Gasteiger partial charge on any atom is 0.120 e. The van der Waals surface area contributed by atoms with Crippen LogP contribution in [0.25, 0.3) is 0 Å². The zero-order chi connectivity index (χ0) is 13.1. The van der Waals surface area contributed by atoms with E-state index < -0.39 is 0 Å². The van der Waals surface area contributed by atoms with Crippen molar-refractivity contribution in [2.75, 3.05) is 5.32 Å². The third kappa shape index (κ3) is 2.54. The van der Waals surface area contributed by atoms with Crippen LogP contribution in [0.2, 0.25) is 0 Å². The van der Waals surface area contributed by atoms with Crippen LogP contribution in [0, 0.1) is 11.3 Å². The second-order valence-corrected chi connectivity index (χ2v) is 4.61. The maximum absolute atomic E-state index is 8.88. The summed E-state index contributed by atoms with van der Waals surface area (Å²) >= 11 is 0. The van der Waals surface area contributed by atoms with Crippen LogP contribution in [0.3, 0.4) is 0 Å². The van der Waals surface area contributed by atoms with Gasteiger partial charge in [0.1, 0.15) is 11.8 Å². The van der Waals surface area contributed by atoms with Crippen molar-refractivity contribution >= 4 is 5.69 Å². The first-order chi connectivity index (χ1) is 8.60. The molecule has 2 aromatic heterocycles. The lowest BCUT2D eigenvalue weighted by Gasteiger charge is -2.03. The van der Waals surface area contributed by atoms with Gasteiger partial charge in [-0.3, -0.25) is 4.68 Å². The van der Waals surface area contributed by atoms with Gasteiger partial charge >= 0.3 is 0 Å². The van der Waals surface area contributed by atoms with E-state index in [-0.39, 0.29) is 0 Å². The van der Waals surface area contributed by atoms with Crippen LogP contribution in [-0.2, 0) is 13.6 Å². The summed E-state index contributed by atoms with van der Waals surface area (Å²) in [5.74, 6) is 0. The van der Waals surface area contributed by atoms with Gasteiger partial charge in [0.15, 0.2) is 0 Å². The van der Waals surface area contributed by atoms with Crippen LogP contribution in [0.4, 0.5) is 5.69 Å². The monoisotopic (exact) mass is 243 g/mol. The van der Waals surface area contributed by atoms with Gasteiger partial charge < -0.3 is 9.88 Å². The van der Waals surface area contributed by atoms with Crippen LogP contribution < -0.4 is 5.32 Å². The van der Waals surface area contributed by atoms with Crippen LogP contribution in [0.15, 0.2) is 24.7 Å². The van der Waals surface area contributed by atoms with Gasteiger partial charge in [0.2, 0.25) is 0 Å². The number of hydrogen-bond acceptors (Lipinski definition) is 3. The fraction of sp³-hybridized carbons (Fsp3) is 0.385.